The van der Waals surface area contributed by atoms with E-state index < -0.39 is 0 Å². The molecule has 194 valence electrons. The number of thioether (sulfide) groups is 2. The second kappa shape index (κ2) is 11.3. The van der Waals surface area contributed by atoms with Gasteiger partial charge in [0.1, 0.15) is 0 Å². The molecule has 2 heterocycles. The summed E-state index contributed by atoms with van der Waals surface area (Å²) in [7, 11) is 0. The summed E-state index contributed by atoms with van der Waals surface area (Å²) < 4.78 is 4.20. The van der Waals surface area contributed by atoms with Gasteiger partial charge in [0.25, 0.3) is 0 Å². The summed E-state index contributed by atoms with van der Waals surface area (Å²) in [6.45, 7) is 4.28. The van der Waals surface area contributed by atoms with Crippen LogP contribution in [-0.4, -0.2) is 26.2 Å². The molecule has 0 unspecified atom stereocenters. The Morgan fingerprint density at radius 2 is 1.69 bits per heavy atom. The summed E-state index contributed by atoms with van der Waals surface area (Å²) in [5.74, 6) is 1.08. The zero-order valence-corrected chi connectivity index (χ0v) is 24.0. The highest BCUT2D eigenvalue weighted by molar-refractivity contribution is 8.00. The fourth-order valence-electron chi connectivity index (χ4n) is 4.44. The number of carbonyl (C=O) groups is 1. The molecule has 1 amide bonds. The summed E-state index contributed by atoms with van der Waals surface area (Å²) in [6.07, 6.45) is 0. The average molecular weight is 567 g/mol. The van der Waals surface area contributed by atoms with Gasteiger partial charge in [-0.2, -0.15) is 0 Å². The monoisotopic (exact) mass is 566 g/mol. The number of carbonyl (C=O) groups excluding carboxylic acids is 1. The Morgan fingerprint density at radius 3 is 2.54 bits per heavy atom. The molecule has 0 bridgehead atoms. The third kappa shape index (κ3) is 5.73. The van der Waals surface area contributed by atoms with Crippen molar-refractivity contribution >= 4 is 67.7 Å². The Kier molecular flexibility index (Phi) is 7.41. The molecule has 0 spiro atoms. The van der Waals surface area contributed by atoms with E-state index >= 15 is 0 Å². The van der Waals surface area contributed by atoms with Gasteiger partial charge >= 0.3 is 0 Å². The molecule has 6 aromatic rings. The molecular formula is C31H26N4OS3. The topological polar surface area (TPSA) is 59.8 Å². The number of thiazole rings is 1. The SMILES string of the molecule is Cc1ccc(CSc2nc3ccc(NC(=O)CSc4nc5ccccc5n4-c4ccccc4)cc3s2)c(C)c1. The first-order chi connectivity index (χ1) is 19.0. The molecule has 4 aromatic carbocycles. The Hall–Kier alpha value is -3.59. The standard InChI is InChI=1S/C31H26N4OS3/c1-20-12-13-22(21(2)16-20)18-38-31-34-26-15-14-23(17-28(26)39-31)32-29(36)19-37-30-33-25-10-6-7-11-27(25)35(30)24-8-4-3-5-9-24/h3-17H,18-19H2,1-2H3,(H,32,36). The summed E-state index contributed by atoms with van der Waals surface area (Å²) >= 11 is 4.85. The lowest BCUT2D eigenvalue weighted by Crippen LogP contribution is -2.14. The van der Waals surface area contributed by atoms with Crippen molar-refractivity contribution in [3.05, 3.63) is 108 Å². The highest BCUT2D eigenvalue weighted by Gasteiger charge is 2.15. The molecule has 0 radical (unpaired) electrons. The molecule has 0 saturated carbocycles. The lowest BCUT2D eigenvalue weighted by atomic mass is 10.1. The highest BCUT2D eigenvalue weighted by Crippen LogP contribution is 2.34. The first kappa shape index (κ1) is 25.7. The van der Waals surface area contributed by atoms with Crippen molar-refractivity contribution in [1.29, 1.82) is 0 Å². The van der Waals surface area contributed by atoms with E-state index in [0.29, 0.717) is 0 Å². The van der Waals surface area contributed by atoms with Gasteiger partial charge in [0.15, 0.2) is 9.50 Å². The van der Waals surface area contributed by atoms with Gasteiger partial charge in [0, 0.05) is 17.1 Å². The van der Waals surface area contributed by atoms with Gasteiger partial charge in [0.2, 0.25) is 5.91 Å². The first-order valence-electron chi connectivity index (χ1n) is 12.6. The third-order valence-electron chi connectivity index (χ3n) is 6.38. The first-order valence-corrected chi connectivity index (χ1v) is 15.4. The maximum Gasteiger partial charge on any atom is 0.234 e. The van der Waals surface area contributed by atoms with Crippen molar-refractivity contribution in [2.24, 2.45) is 0 Å². The molecule has 0 saturated heterocycles. The van der Waals surface area contributed by atoms with Crippen LogP contribution < -0.4 is 5.32 Å². The largest absolute Gasteiger partial charge is 0.325 e. The maximum absolute atomic E-state index is 12.9. The zero-order chi connectivity index (χ0) is 26.8. The minimum absolute atomic E-state index is 0.0695. The third-order valence-corrected chi connectivity index (χ3v) is 9.53. The number of rotatable bonds is 8. The van der Waals surface area contributed by atoms with Crippen LogP contribution >= 0.6 is 34.9 Å². The minimum atomic E-state index is -0.0695. The summed E-state index contributed by atoms with van der Waals surface area (Å²) in [5.41, 5.74) is 8.60. The van der Waals surface area contributed by atoms with Gasteiger partial charge in [-0.25, -0.2) is 9.97 Å². The van der Waals surface area contributed by atoms with E-state index in [1.807, 2.05) is 54.6 Å². The molecule has 0 aliphatic heterocycles. The molecule has 5 nitrogen and oxygen atoms in total. The average Bonchev–Trinajstić information content (AvgIpc) is 3.52. The van der Waals surface area contributed by atoms with E-state index in [0.717, 1.165) is 47.9 Å². The van der Waals surface area contributed by atoms with E-state index in [1.54, 1.807) is 23.1 Å². The highest BCUT2D eigenvalue weighted by atomic mass is 32.2. The molecule has 6 rings (SSSR count). The van der Waals surface area contributed by atoms with Gasteiger partial charge in [-0.15, -0.1) is 11.3 Å². The number of amides is 1. The molecule has 0 aliphatic carbocycles. The number of nitrogens with zero attached hydrogens (tertiary/aromatic N) is 3. The van der Waals surface area contributed by atoms with Gasteiger partial charge in [-0.05, 0) is 67.4 Å². The lowest BCUT2D eigenvalue weighted by Gasteiger charge is -2.09. The van der Waals surface area contributed by atoms with Crippen LogP contribution in [0.25, 0.3) is 26.9 Å². The van der Waals surface area contributed by atoms with Crippen LogP contribution in [-0.2, 0) is 10.5 Å². The van der Waals surface area contributed by atoms with E-state index in [2.05, 4.69) is 60.1 Å². The lowest BCUT2D eigenvalue weighted by molar-refractivity contribution is -0.113. The number of benzene rings is 4. The predicted octanol–water partition coefficient (Wildman–Crippen LogP) is 8.28. The molecule has 39 heavy (non-hydrogen) atoms. The van der Waals surface area contributed by atoms with Crippen LogP contribution in [0.5, 0.6) is 0 Å². The molecule has 2 aromatic heterocycles. The summed E-state index contributed by atoms with van der Waals surface area (Å²) in [5, 5.41) is 3.84. The number of aromatic nitrogens is 3. The van der Waals surface area contributed by atoms with Crippen molar-refractivity contribution in [2.45, 2.75) is 29.1 Å². The van der Waals surface area contributed by atoms with E-state index in [-0.39, 0.29) is 11.7 Å². The van der Waals surface area contributed by atoms with Crippen LogP contribution in [0, 0.1) is 13.8 Å². The maximum atomic E-state index is 12.9. The van der Waals surface area contributed by atoms with Crippen molar-refractivity contribution in [3.8, 4) is 5.69 Å². The Bertz CT molecular complexity index is 1790. The van der Waals surface area contributed by atoms with Crippen molar-refractivity contribution in [3.63, 3.8) is 0 Å². The molecule has 0 atom stereocenters. The molecule has 1 N–H and O–H groups in total. The smallest absolute Gasteiger partial charge is 0.234 e. The van der Waals surface area contributed by atoms with Crippen LogP contribution in [0.2, 0.25) is 0 Å². The molecule has 0 fully saturated rings. The molecule has 0 aliphatic rings. The number of fused-ring (bicyclic) bond motifs is 2. The number of nitrogens with one attached hydrogen (secondary N) is 1. The fourth-order valence-corrected chi connectivity index (χ4v) is 7.46. The number of anilines is 1. The second-order valence-corrected chi connectivity index (χ2v) is 12.5. The normalized spacial score (nSPS) is 11.3. The fraction of sp³-hybridized carbons (Fsp3) is 0.129. The van der Waals surface area contributed by atoms with Gasteiger partial charge in [-0.1, -0.05) is 77.6 Å². The number of hydrogen-bond donors (Lipinski definition) is 1. The second-order valence-electron chi connectivity index (χ2n) is 9.27. The number of aryl methyl sites for hydroxylation is 2. The Morgan fingerprint density at radius 1 is 0.872 bits per heavy atom. The van der Waals surface area contributed by atoms with Gasteiger partial charge in [-0.3, -0.25) is 9.36 Å². The van der Waals surface area contributed by atoms with Gasteiger partial charge < -0.3 is 5.32 Å². The minimum Gasteiger partial charge on any atom is -0.325 e. The van der Waals surface area contributed by atoms with Crippen LogP contribution in [0.4, 0.5) is 5.69 Å². The van der Waals surface area contributed by atoms with E-state index in [1.165, 1.54) is 28.5 Å². The zero-order valence-electron chi connectivity index (χ0n) is 21.5. The van der Waals surface area contributed by atoms with Gasteiger partial charge in [0.05, 0.1) is 27.0 Å². The Labute approximate surface area is 239 Å². The quantitative estimate of drug-likeness (QED) is 0.188. The molecule has 8 heteroatoms. The van der Waals surface area contributed by atoms with Crippen molar-refractivity contribution in [1.82, 2.24) is 14.5 Å². The predicted molar refractivity (Wildman–Crippen MR) is 166 cm³/mol. The van der Waals surface area contributed by atoms with E-state index in [4.69, 9.17) is 9.97 Å². The summed E-state index contributed by atoms with van der Waals surface area (Å²) in [6, 6.07) is 30.6. The van der Waals surface area contributed by atoms with Crippen LogP contribution in [0.3, 0.4) is 0 Å². The number of para-hydroxylation sites is 3. The van der Waals surface area contributed by atoms with Crippen LogP contribution in [0.1, 0.15) is 16.7 Å². The molecular weight excluding hydrogens is 541 g/mol. The van der Waals surface area contributed by atoms with Crippen molar-refractivity contribution in [2.75, 3.05) is 11.1 Å². The Balaban J connectivity index is 1.13. The van der Waals surface area contributed by atoms with E-state index in [9.17, 15) is 4.79 Å². The number of hydrogen-bond acceptors (Lipinski definition) is 6. The van der Waals surface area contributed by atoms with Crippen molar-refractivity contribution < 1.29 is 4.79 Å². The van der Waals surface area contributed by atoms with Crippen LogP contribution in [0.15, 0.2) is 100 Å². The summed E-state index contributed by atoms with van der Waals surface area (Å²) in [4.78, 5) is 22.5. The number of imidazole rings is 1.